The highest BCUT2D eigenvalue weighted by Gasteiger charge is 2.32. The average Bonchev–Trinajstić information content (AvgIpc) is 2.54. The third kappa shape index (κ3) is 4.60. The number of nitrogens with two attached hydrogens (primary N) is 1. The Morgan fingerprint density at radius 3 is 2.82 bits per heavy atom. The van der Waals surface area contributed by atoms with E-state index < -0.39 is 0 Å². The first kappa shape index (κ1) is 16.6. The van der Waals surface area contributed by atoms with E-state index in [1.165, 1.54) is 19.3 Å². The van der Waals surface area contributed by atoms with Gasteiger partial charge in [-0.25, -0.2) is 0 Å². The molecule has 4 nitrogen and oxygen atoms in total. The summed E-state index contributed by atoms with van der Waals surface area (Å²) >= 11 is 0. The number of amides is 1. The Labute approximate surface area is 132 Å². The van der Waals surface area contributed by atoms with Gasteiger partial charge in [0.1, 0.15) is 12.4 Å². The van der Waals surface area contributed by atoms with Gasteiger partial charge in [-0.1, -0.05) is 38.0 Å². The van der Waals surface area contributed by atoms with Crippen LogP contribution in [0, 0.1) is 5.41 Å². The van der Waals surface area contributed by atoms with E-state index in [4.69, 9.17) is 10.5 Å². The number of benzene rings is 1. The van der Waals surface area contributed by atoms with Gasteiger partial charge in [0.2, 0.25) is 5.91 Å². The fraction of sp³-hybridized carbons (Fsp3) is 0.500. The third-order valence-electron chi connectivity index (χ3n) is 4.37. The number of hydrogen-bond acceptors (Lipinski definition) is 3. The highest BCUT2D eigenvalue weighted by molar-refractivity contribution is 5.91. The molecule has 120 valence electrons. The second kappa shape index (κ2) is 7.99. The SMILES string of the molecule is C=CCOc1cccc(NC(=O)CC2(CN)CCCCC2)c1. The van der Waals surface area contributed by atoms with Crippen molar-refractivity contribution in [3.05, 3.63) is 36.9 Å². The zero-order valence-electron chi connectivity index (χ0n) is 13.1. The molecular formula is C18H26N2O2. The normalized spacial score (nSPS) is 16.8. The van der Waals surface area contributed by atoms with Crippen molar-refractivity contribution in [1.82, 2.24) is 0 Å². The summed E-state index contributed by atoms with van der Waals surface area (Å²) in [5, 5.41) is 2.96. The van der Waals surface area contributed by atoms with Crippen LogP contribution in [0.4, 0.5) is 5.69 Å². The van der Waals surface area contributed by atoms with Gasteiger partial charge in [-0.3, -0.25) is 4.79 Å². The van der Waals surface area contributed by atoms with Crippen molar-refractivity contribution in [1.29, 1.82) is 0 Å². The van der Waals surface area contributed by atoms with Crippen molar-refractivity contribution in [2.24, 2.45) is 11.1 Å². The van der Waals surface area contributed by atoms with Crippen LogP contribution in [0.2, 0.25) is 0 Å². The summed E-state index contributed by atoms with van der Waals surface area (Å²) < 4.78 is 5.48. The summed E-state index contributed by atoms with van der Waals surface area (Å²) in [5.74, 6) is 0.761. The van der Waals surface area contributed by atoms with Gasteiger partial charge in [0.25, 0.3) is 0 Å². The molecule has 1 fully saturated rings. The third-order valence-corrected chi connectivity index (χ3v) is 4.37. The molecular weight excluding hydrogens is 276 g/mol. The summed E-state index contributed by atoms with van der Waals surface area (Å²) in [4.78, 5) is 12.3. The first-order valence-corrected chi connectivity index (χ1v) is 8.01. The van der Waals surface area contributed by atoms with Crippen molar-refractivity contribution in [2.75, 3.05) is 18.5 Å². The minimum atomic E-state index is -0.0146. The number of carbonyl (C=O) groups is 1. The lowest BCUT2D eigenvalue weighted by molar-refractivity contribution is -0.118. The van der Waals surface area contributed by atoms with E-state index in [1.807, 2.05) is 24.3 Å². The molecule has 0 unspecified atom stereocenters. The van der Waals surface area contributed by atoms with E-state index in [1.54, 1.807) is 6.08 Å². The molecule has 0 aliphatic heterocycles. The van der Waals surface area contributed by atoms with Crippen molar-refractivity contribution in [2.45, 2.75) is 38.5 Å². The van der Waals surface area contributed by atoms with Gasteiger partial charge in [-0.15, -0.1) is 0 Å². The van der Waals surface area contributed by atoms with Crippen LogP contribution in [0.1, 0.15) is 38.5 Å². The molecule has 1 aliphatic carbocycles. The van der Waals surface area contributed by atoms with Crippen molar-refractivity contribution >= 4 is 11.6 Å². The highest BCUT2D eigenvalue weighted by atomic mass is 16.5. The van der Waals surface area contributed by atoms with E-state index in [0.717, 1.165) is 24.3 Å². The predicted octanol–water partition coefficient (Wildman–Crippen LogP) is 3.49. The van der Waals surface area contributed by atoms with E-state index in [9.17, 15) is 4.79 Å². The average molecular weight is 302 g/mol. The molecule has 4 heteroatoms. The zero-order chi connectivity index (χ0) is 15.8. The largest absolute Gasteiger partial charge is 0.489 e. The van der Waals surface area contributed by atoms with Gasteiger partial charge in [0.15, 0.2) is 0 Å². The van der Waals surface area contributed by atoms with E-state index >= 15 is 0 Å². The molecule has 1 aromatic rings. The molecule has 2 rings (SSSR count). The Morgan fingerprint density at radius 2 is 2.14 bits per heavy atom. The number of ether oxygens (including phenoxy) is 1. The number of rotatable bonds is 7. The van der Waals surface area contributed by atoms with Crippen LogP contribution < -0.4 is 15.8 Å². The number of hydrogen-bond donors (Lipinski definition) is 2. The lowest BCUT2D eigenvalue weighted by atomic mass is 9.71. The van der Waals surface area contributed by atoms with Crippen LogP contribution in [-0.4, -0.2) is 19.1 Å². The number of nitrogens with one attached hydrogen (secondary N) is 1. The molecule has 0 bridgehead atoms. The quantitative estimate of drug-likeness (QED) is 0.758. The van der Waals surface area contributed by atoms with Crippen LogP contribution >= 0.6 is 0 Å². The minimum absolute atomic E-state index is 0.0146. The fourth-order valence-electron chi connectivity index (χ4n) is 3.12. The maximum atomic E-state index is 12.3. The highest BCUT2D eigenvalue weighted by Crippen LogP contribution is 2.38. The summed E-state index contributed by atoms with van der Waals surface area (Å²) in [7, 11) is 0. The van der Waals surface area contributed by atoms with E-state index in [-0.39, 0.29) is 11.3 Å². The second-order valence-corrected chi connectivity index (χ2v) is 6.12. The molecule has 0 radical (unpaired) electrons. The summed E-state index contributed by atoms with van der Waals surface area (Å²) in [5.41, 5.74) is 6.69. The summed E-state index contributed by atoms with van der Waals surface area (Å²) in [6.07, 6.45) is 7.91. The van der Waals surface area contributed by atoms with Gasteiger partial charge >= 0.3 is 0 Å². The summed E-state index contributed by atoms with van der Waals surface area (Å²) in [6.45, 7) is 4.66. The van der Waals surface area contributed by atoms with Gasteiger partial charge in [-0.05, 0) is 36.9 Å². The first-order valence-electron chi connectivity index (χ1n) is 8.01. The molecule has 0 heterocycles. The van der Waals surface area contributed by atoms with Crippen molar-refractivity contribution in [3.63, 3.8) is 0 Å². The van der Waals surface area contributed by atoms with Gasteiger partial charge < -0.3 is 15.8 Å². The Balaban J connectivity index is 1.94. The lowest BCUT2D eigenvalue weighted by Crippen LogP contribution is -2.36. The molecule has 0 spiro atoms. The molecule has 22 heavy (non-hydrogen) atoms. The molecule has 0 aromatic heterocycles. The Bertz CT molecular complexity index is 508. The standard InChI is InChI=1S/C18H26N2O2/c1-2-11-22-16-8-6-7-15(12-16)20-17(21)13-18(14-19)9-4-3-5-10-18/h2,6-8,12H,1,3-5,9-11,13-14,19H2,(H,20,21). The van der Waals surface area contributed by atoms with Crippen molar-refractivity contribution < 1.29 is 9.53 Å². The minimum Gasteiger partial charge on any atom is -0.489 e. The van der Waals surface area contributed by atoms with Crippen LogP contribution in [0.5, 0.6) is 5.75 Å². The molecule has 1 amide bonds. The van der Waals surface area contributed by atoms with Gasteiger partial charge in [-0.2, -0.15) is 0 Å². The van der Waals surface area contributed by atoms with Gasteiger partial charge in [0.05, 0.1) is 0 Å². The van der Waals surface area contributed by atoms with Gasteiger partial charge in [0, 0.05) is 18.2 Å². The monoisotopic (exact) mass is 302 g/mol. The smallest absolute Gasteiger partial charge is 0.224 e. The molecule has 0 saturated heterocycles. The zero-order valence-corrected chi connectivity index (χ0v) is 13.1. The Kier molecular flexibility index (Phi) is 6.01. The Morgan fingerprint density at radius 1 is 1.36 bits per heavy atom. The molecule has 3 N–H and O–H groups in total. The van der Waals surface area contributed by atoms with Crippen LogP contribution in [-0.2, 0) is 4.79 Å². The molecule has 0 atom stereocenters. The predicted molar refractivity (Wildman–Crippen MR) is 90.0 cm³/mol. The maximum absolute atomic E-state index is 12.3. The molecule has 1 aliphatic rings. The number of anilines is 1. The topological polar surface area (TPSA) is 64.3 Å². The molecule has 1 saturated carbocycles. The van der Waals surface area contributed by atoms with E-state index in [0.29, 0.717) is 19.6 Å². The maximum Gasteiger partial charge on any atom is 0.224 e. The van der Waals surface area contributed by atoms with Crippen LogP contribution in [0.15, 0.2) is 36.9 Å². The van der Waals surface area contributed by atoms with E-state index in [2.05, 4.69) is 11.9 Å². The lowest BCUT2D eigenvalue weighted by Gasteiger charge is -2.35. The summed E-state index contributed by atoms with van der Waals surface area (Å²) in [6, 6.07) is 7.43. The second-order valence-electron chi connectivity index (χ2n) is 6.12. The van der Waals surface area contributed by atoms with Crippen molar-refractivity contribution in [3.8, 4) is 5.75 Å². The number of carbonyl (C=O) groups excluding carboxylic acids is 1. The first-order chi connectivity index (χ1) is 10.7. The Hall–Kier alpha value is -1.81. The molecule has 1 aromatic carbocycles. The van der Waals surface area contributed by atoms with Crippen LogP contribution in [0.3, 0.4) is 0 Å². The van der Waals surface area contributed by atoms with Crippen LogP contribution in [0.25, 0.3) is 0 Å². The fourth-order valence-corrected chi connectivity index (χ4v) is 3.12.